The highest BCUT2D eigenvalue weighted by molar-refractivity contribution is 7.13. The van der Waals surface area contributed by atoms with Crippen LogP contribution in [0, 0.1) is 6.92 Å². The number of hydrogen-bond acceptors (Lipinski definition) is 4. The number of hydrogen-bond donors (Lipinski definition) is 2. The third-order valence-electron chi connectivity index (χ3n) is 3.31. The van der Waals surface area contributed by atoms with Crippen molar-refractivity contribution < 1.29 is 4.74 Å². The molecule has 0 unspecified atom stereocenters. The maximum Gasteiger partial charge on any atom is 0.141 e. The Balaban J connectivity index is 1.80. The van der Waals surface area contributed by atoms with E-state index in [1.807, 2.05) is 24.4 Å². The molecule has 2 N–H and O–H groups in total. The largest absolute Gasteiger partial charge is 0.495 e. The average molecular weight is 299 g/mol. The lowest BCUT2D eigenvalue weighted by molar-refractivity contribution is 0.416. The number of aromatic amines is 1. The molecule has 0 radical (unpaired) electrons. The molecule has 3 aromatic rings. The van der Waals surface area contributed by atoms with Crippen LogP contribution >= 0.6 is 11.3 Å². The molecule has 4 nitrogen and oxygen atoms in total. The maximum absolute atomic E-state index is 5.39. The van der Waals surface area contributed by atoms with E-state index in [1.165, 1.54) is 10.4 Å². The molecule has 1 aromatic carbocycles. The third kappa shape index (κ3) is 2.92. The second-order valence-corrected chi connectivity index (χ2v) is 5.75. The number of nitrogens with zero attached hydrogens (tertiary/aromatic N) is 1. The Hall–Kier alpha value is -2.27. The third-order valence-corrected chi connectivity index (χ3v) is 4.20. The minimum Gasteiger partial charge on any atom is -0.495 e. The predicted molar refractivity (Wildman–Crippen MR) is 87.0 cm³/mol. The highest BCUT2D eigenvalue weighted by Crippen LogP contribution is 2.29. The smallest absolute Gasteiger partial charge is 0.141 e. The van der Waals surface area contributed by atoms with Crippen LogP contribution in [-0.2, 0) is 6.54 Å². The van der Waals surface area contributed by atoms with Gasteiger partial charge in [0, 0.05) is 12.1 Å². The van der Waals surface area contributed by atoms with Crippen molar-refractivity contribution in [2.24, 2.45) is 0 Å². The van der Waals surface area contributed by atoms with Crippen molar-refractivity contribution in [3.63, 3.8) is 0 Å². The van der Waals surface area contributed by atoms with Crippen LogP contribution in [-0.4, -0.2) is 17.3 Å². The molecule has 21 heavy (non-hydrogen) atoms. The maximum atomic E-state index is 5.39. The molecule has 0 aliphatic heterocycles. The molecule has 0 amide bonds. The molecular weight excluding hydrogens is 282 g/mol. The predicted octanol–water partition coefficient (Wildman–Crippen LogP) is 4.07. The van der Waals surface area contributed by atoms with Crippen molar-refractivity contribution in [2.75, 3.05) is 12.4 Å². The van der Waals surface area contributed by atoms with Crippen molar-refractivity contribution in [3.8, 4) is 16.3 Å². The Morgan fingerprint density at radius 3 is 3.00 bits per heavy atom. The van der Waals surface area contributed by atoms with Gasteiger partial charge in [0.2, 0.25) is 0 Å². The fraction of sp³-hybridized carbons (Fsp3) is 0.188. The number of benzene rings is 1. The number of aromatic nitrogens is 2. The molecule has 0 saturated carbocycles. The van der Waals surface area contributed by atoms with E-state index in [-0.39, 0.29) is 0 Å². The first-order chi connectivity index (χ1) is 10.3. The molecule has 3 rings (SSSR count). The van der Waals surface area contributed by atoms with Crippen LogP contribution in [0.2, 0.25) is 0 Å². The van der Waals surface area contributed by atoms with E-state index in [4.69, 9.17) is 4.74 Å². The van der Waals surface area contributed by atoms with Gasteiger partial charge in [-0.15, -0.1) is 11.3 Å². The van der Waals surface area contributed by atoms with Crippen molar-refractivity contribution in [1.29, 1.82) is 0 Å². The van der Waals surface area contributed by atoms with E-state index < -0.39 is 0 Å². The zero-order valence-corrected chi connectivity index (χ0v) is 12.8. The second kappa shape index (κ2) is 6.01. The van der Waals surface area contributed by atoms with E-state index in [0.29, 0.717) is 6.54 Å². The van der Waals surface area contributed by atoms with Gasteiger partial charge in [0.25, 0.3) is 0 Å². The lowest BCUT2D eigenvalue weighted by atomic mass is 10.2. The number of rotatable bonds is 5. The van der Waals surface area contributed by atoms with Crippen LogP contribution < -0.4 is 10.1 Å². The Morgan fingerprint density at radius 1 is 1.33 bits per heavy atom. The summed E-state index contributed by atoms with van der Waals surface area (Å²) in [4.78, 5) is 1.19. The number of nitrogens with one attached hydrogen (secondary N) is 2. The van der Waals surface area contributed by atoms with E-state index >= 15 is 0 Å². The van der Waals surface area contributed by atoms with E-state index in [9.17, 15) is 0 Å². The monoisotopic (exact) mass is 299 g/mol. The van der Waals surface area contributed by atoms with Gasteiger partial charge in [-0.1, -0.05) is 12.1 Å². The standard InChI is InChI=1S/C16H17N3OS/c1-11-5-6-14(20-2)13(8-11)17-9-12-10-18-19-16(12)15-4-3-7-21-15/h3-8,10,17H,9H2,1-2H3,(H,18,19). The summed E-state index contributed by atoms with van der Waals surface area (Å²) in [5, 5.41) is 12.7. The SMILES string of the molecule is COc1ccc(C)cc1NCc1cn[nH]c1-c1cccs1. The molecule has 0 fully saturated rings. The number of methoxy groups -OCH3 is 1. The summed E-state index contributed by atoms with van der Waals surface area (Å²) in [6.45, 7) is 2.77. The van der Waals surface area contributed by atoms with Crippen molar-refractivity contribution in [1.82, 2.24) is 10.2 Å². The molecule has 0 spiro atoms. The van der Waals surface area contributed by atoms with Crippen molar-refractivity contribution in [3.05, 3.63) is 53.0 Å². The van der Waals surface area contributed by atoms with E-state index in [1.54, 1.807) is 18.4 Å². The molecular formula is C16H17N3OS. The summed E-state index contributed by atoms with van der Waals surface area (Å²) in [6.07, 6.45) is 1.87. The number of aryl methyl sites for hydroxylation is 1. The Labute approximate surface area is 127 Å². The summed E-state index contributed by atoms with van der Waals surface area (Å²) < 4.78 is 5.39. The van der Waals surface area contributed by atoms with Crippen LogP contribution in [0.5, 0.6) is 5.75 Å². The van der Waals surface area contributed by atoms with Gasteiger partial charge in [-0.05, 0) is 36.1 Å². The van der Waals surface area contributed by atoms with Gasteiger partial charge in [0.05, 0.1) is 29.6 Å². The summed E-state index contributed by atoms with van der Waals surface area (Å²) in [7, 11) is 1.69. The molecule has 0 aliphatic rings. The quantitative estimate of drug-likeness (QED) is 0.746. The van der Waals surface area contributed by atoms with Crippen LogP contribution in [0.4, 0.5) is 5.69 Å². The number of anilines is 1. The minimum atomic E-state index is 0.698. The van der Waals surface area contributed by atoms with E-state index in [2.05, 4.69) is 40.0 Å². The van der Waals surface area contributed by atoms with Crippen LogP contribution in [0.1, 0.15) is 11.1 Å². The molecule has 108 valence electrons. The second-order valence-electron chi connectivity index (χ2n) is 4.80. The average Bonchev–Trinajstić information content (AvgIpc) is 3.16. The Bertz CT molecular complexity index is 719. The molecule has 0 atom stereocenters. The number of H-pyrrole nitrogens is 1. The molecule has 0 saturated heterocycles. The molecule has 2 heterocycles. The van der Waals surface area contributed by atoms with Gasteiger partial charge in [-0.2, -0.15) is 5.10 Å². The lowest BCUT2D eigenvalue weighted by Crippen LogP contribution is -2.02. The normalized spacial score (nSPS) is 10.6. The molecule has 5 heteroatoms. The van der Waals surface area contributed by atoms with Gasteiger partial charge < -0.3 is 10.1 Å². The van der Waals surface area contributed by atoms with Gasteiger partial charge in [0.15, 0.2) is 0 Å². The van der Waals surface area contributed by atoms with Crippen LogP contribution in [0.15, 0.2) is 41.9 Å². The van der Waals surface area contributed by atoms with E-state index in [0.717, 1.165) is 22.7 Å². The highest BCUT2D eigenvalue weighted by atomic mass is 32.1. The zero-order valence-electron chi connectivity index (χ0n) is 12.0. The Kier molecular flexibility index (Phi) is 3.92. The highest BCUT2D eigenvalue weighted by Gasteiger charge is 2.09. The minimum absolute atomic E-state index is 0.698. The number of ether oxygens (including phenoxy) is 1. The first-order valence-electron chi connectivity index (χ1n) is 6.72. The summed E-state index contributed by atoms with van der Waals surface area (Å²) in [6, 6.07) is 10.2. The topological polar surface area (TPSA) is 49.9 Å². The summed E-state index contributed by atoms with van der Waals surface area (Å²) in [5.74, 6) is 0.849. The van der Waals surface area contributed by atoms with Gasteiger partial charge in [-0.3, -0.25) is 5.10 Å². The van der Waals surface area contributed by atoms with Crippen LogP contribution in [0.3, 0.4) is 0 Å². The fourth-order valence-corrected chi connectivity index (χ4v) is 2.99. The first kappa shape index (κ1) is 13.7. The molecule has 0 aliphatic carbocycles. The fourth-order valence-electron chi connectivity index (χ4n) is 2.23. The van der Waals surface area contributed by atoms with Crippen molar-refractivity contribution in [2.45, 2.75) is 13.5 Å². The molecule has 0 bridgehead atoms. The first-order valence-corrected chi connectivity index (χ1v) is 7.60. The lowest BCUT2D eigenvalue weighted by Gasteiger charge is -2.12. The molecule has 2 aromatic heterocycles. The number of thiophene rings is 1. The Morgan fingerprint density at radius 2 is 2.24 bits per heavy atom. The summed E-state index contributed by atoms with van der Waals surface area (Å²) >= 11 is 1.70. The van der Waals surface area contributed by atoms with Gasteiger partial charge >= 0.3 is 0 Å². The van der Waals surface area contributed by atoms with Gasteiger partial charge in [0.1, 0.15) is 5.75 Å². The van der Waals surface area contributed by atoms with Crippen molar-refractivity contribution >= 4 is 17.0 Å². The van der Waals surface area contributed by atoms with Crippen LogP contribution in [0.25, 0.3) is 10.6 Å². The summed E-state index contributed by atoms with van der Waals surface area (Å²) in [5.41, 5.74) is 4.41. The van der Waals surface area contributed by atoms with Gasteiger partial charge in [-0.25, -0.2) is 0 Å². The zero-order chi connectivity index (χ0) is 14.7.